The molecule has 33 heavy (non-hydrogen) atoms. The Balaban J connectivity index is 0.976. The SMILES string of the molecule is O=C1N[C@H]2[C@H](CS[C@H]2CCCCC(=O)OSOC(=O)CCCC[C@@H]2SC[C@@H]3NC(=O)N[C@@H]32)N1. The van der Waals surface area contributed by atoms with Crippen LogP contribution in [0.3, 0.4) is 0 Å². The highest BCUT2D eigenvalue weighted by molar-refractivity contribution is 8.00. The van der Waals surface area contributed by atoms with E-state index in [9.17, 15) is 19.2 Å². The monoisotopic (exact) mass is 518 g/mol. The maximum absolute atomic E-state index is 11.8. The van der Waals surface area contributed by atoms with Crippen LogP contribution < -0.4 is 21.3 Å². The average Bonchev–Trinajstić information content (AvgIpc) is 3.51. The second-order valence-corrected chi connectivity index (χ2v) is 11.7. The molecule has 4 aliphatic rings. The summed E-state index contributed by atoms with van der Waals surface area (Å²) in [6.45, 7) is 0. The molecule has 0 radical (unpaired) electrons. The fourth-order valence-electron chi connectivity index (χ4n) is 4.69. The minimum absolute atomic E-state index is 0.0898. The quantitative estimate of drug-likeness (QED) is 0.174. The number of rotatable bonds is 12. The molecular weight excluding hydrogens is 488 g/mol. The van der Waals surface area contributed by atoms with E-state index in [1.165, 1.54) is 0 Å². The molecule has 4 fully saturated rings. The van der Waals surface area contributed by atoms with Crippen LogP contribution in [0.5, 0.6) is 0 Å². The highest BCUT2D eigenvalue weighted by atomic mass is 32.2. The lowest BCUT2D eigenvalue weighted by Crippen LogP contribution is -2.36. The van der Waals surface area contributed by atoms with Crippen molar-refractivity contribution in [2.75, 3.05) is 11.5 Å². The second kappa shape index (κ2) is 11.8. The van der Waals surface area contributed by atoms with Crippen LogP contribution in [-0.4, -0.2) is 70.2 Å². The zero-order chi connectivity index (χ0) is 23.2. The van der Waals surface area contributed by atoms with Gasteiger partial charge in [0.1, 0.15) is 0 Å². The van der Waals surface area contributed by atoms with Crippen molar-refractivity contribution in [3.63, 3.8) is 0 Å². The van der Waals surface area contributed by atoms with E-state index >= 15 is 0 Å². The lowest BCUT2D eigenvalue weighted by atomic mass is 10.0. The van der Waals surface area contributed by atoms with E-state index in [1.807, 2.05) is 23.5 Å². The highest BCUT2D eigenvalue weighted by Gasteiger charge is 2.43. The van der Waals surface area contributed by atoms with Crippen molar-refractivity contribution in [1.29, 1.82) is 0 Å². The van der Waals surface area contributed by atoms with Gasteiger partial charge in [-0.1, -0.05) is 12.8 Å². The summed E-state index contributed by atoms with van der Waals surface area (Å²) in [6.07, 6.45) is 5.55. The molecule has 0 aromatic carbocycles. The van der Waals surface area contributed by atoms with E-state index in [1.54, 1.807) is 0 Å². The number of carbonyl (C=O) groups is 4. The molecular formula is C20H30N4O6S3. The molecule has 4 heterocycles. The maximum atomic E-state index is 11.8. The lowest BCUT2D eigenvalue weighted by Gasteiger charge is -2.16. The molecule has 4 rings (SSSR count). The van der Waals surface area contributed by atoms with Gasteiger partial charge in [0.15, 0.2) is 0 Å². The topological polar surface area (TPSA) is 135 Å². The number of carbonyl (C=O) groups excluding carboxylic acids is 4. The summed E-state index contributed by atoms with van der Waals surface area (Å²) in [5.41, 5.74) is 0. The molecule has 0 bridgehead atoms. The predicted octanol–water partition coefficient (Wildman–Crippen LogP) is 2.09. The van der Waals surface area contributed by atoms with E-state index in [2.05, 4.69) is 21.3 Å². The largest absolute Gasteiger partial charge is 0.355 e. The van der Waals surface area contributed by atoms with Crippen LogP contribution in [0.1, 0.15) is 51.4 Å². The predicted molar refractivity (Wildman–Crippen MR) is 128 cm³/mol. The summed E-state index contributed by atoms with van der Waals surface area (Å²) >= 11 is 4.15. The summed E-state index contributed by atoms with van der Waals surface area (Å²) in [5, 5.41) is 12.5. The van der Waals surface area contributed by atoms with Gasteiger partial charge in [-0.15, -0.1) is 0 Å². The van der Waals surface area contributed by atoms with E-state index in [4.69, 9.17) is 8.37 Å². The van der Waals surface area contributed by atoms with Crippen molar-refractivity contribution in [2.24, 2.45) is 0 Å². The van der Waals surface area contributed by atoms with Crippen molar-refractivity contribution >= 4 is 59.8 Å². The Morgan fingerprint density at radius 3 is 1.67 bits per heavy atom. The van der Waals surface area contributed by atoms with Gasteiger partial charge in [-0.05, 0) is 25.7 Å². The van der Waals surface area contributed by atoms with E-state index < -0.39 is 11.9 Å². The molecule has 6 atom stereocenters. The maximum Gasteiger partial charge on any atom is 0.320 e. The molecule has 4 aliphatic heterocycles. The molecule has 0 aliphatic carbocycles. The summed E-state index contributed by atoms with van der Waals surface area (Å²) < 4.78 is 9.85. The highest BCUT2D eigenvalue weighted by Crippen LogP contribution is 2.34. The number of hydrogen-bond acceptors (Lipinski definition) is 9. The Kier molecular flexibility index (Phi) is 8.80. The van der Waals surface area contributed by atoms with Crippen LogP contribution in [0, 0.1) is 0 Å². The van der Waals surface area contributed by atoms with Crippen LogP contribution in [0.25, 0.3) is 0 Å². The first-order chi connectivity index (χ1) is 16.0. The van der Waals surface area contributed by atoms with Crippen LogP contribution in [0.2, 0.25) is 0 Å². The minimum atomic E-state index is -0.402. The van der Waals surface area contributed by atoms with Crippen molar-refractivity contribution in [2.45, 2.75) is 86.0 Å². The first-order valence-corrected chi connectivity index (χ1v) is 14.2. The van der Waals surface area contributed by atoms with Crippen LogP contribution in [0.15, 0.2) is 0 Å². The Bertz CT molecular complexity index is 699. The first-order valence-electron chi connectivity index (χ1n) is 11.4. The van der Waals surface area contributed by atoms with Gasteiger partial charge in [0.2, 0.25) is 0 Å². The van der Waals surface area contributed by atoms with Crippen LogP contribution in [-0.2, 0) is 18.0 Å². The fourth-order valence-corrected chi connectivity index (χ4v) is 8.13. The zero-order valence-corrected chi connectivity index (χ0v) is 20.7. The number of thioether (sulfide) groups is 2. The normalized spacial score (nSPS) is 31.8. The number of hydrogen-bond donors (Lipinski definition) is 4. The van der Waals surface area contributed by atoms with Gasteiger partial charge in [0.05, 0.1) is 24.2 Å². The molecule has 4 saturated heterocycles. The van der Waals surface area contributed by atoms with Gasteiger partial charge < -0.3 is 29.6 Å². The summed E-state index contributed by atoms with van der Waals surface area (Å²) in [7, 11) is 0. The van der Waals surface area contributed by atoms with Crippen molar-refractivity contribution in [3.05, 3.63) is 0 Å². The number of fused-ring (bicyclic) bond motifs is 2. The average molecular weight is 519 g/mol. The second-order valence-electron chi connectivity index (χ2n) is 8.71. The van der Waals surface area contributed by atoms with Crippen molar-refractivity contribution in [3.8, 4) is 0 Å². The molecule has 10 nitrogen and oxygen atoms in total. The fraction of sp³-hybridized carbons (Fsp3) is 0.800. The summed E-state index contributed by atoms with van der Waals surface area (Å²) in [4.78, 5) is 46.4. The first kappa shape index (κ1) is 24.6. The van der Waals surface area contributed by atoms with E-state index in [0.717, 1.165) is 37.2 Å². The Morgan fingerprint density at radius 2 is 1.21 bits per heavy atom. The zero-order valence-electron chi connectivity index (χ0n) is 18.2. The molecule has 0 aromatic heterocycles. The van der Waals surface area contributed by atoms with Gasteiger partial charge in [-0.2, -0.15) is 23.5 Å². The number of unbranched alkanes of at least 4 members (excludes halogenated alkanes) is 2. The number of amides is 4. The molecule has 0 spiro atoms. The molecule has 0 unspecified atom stereocenters. The van der Waals surface area contributed by atoms with Gasteiger partial charge in [0.25, 0.3) is 12.3 Å². The van der Waals surface area contributed by atoms with Crippen LogP contribution >= 0.6 is 35.8 Å². The van der Waals surface area contributed by atoms with E-state index in [-0.39, 0.29) is 49.1 Å². The third-order valence-electron chi connectivity index (χ3n) is 6.37. The lowest BCUT2D eigenvalue weighted by molar-refractivity contribution is -0.136. The number of urea groups is 2. The summed E-state index contributed by atoms with van der Waals surface area (Å²) in [5.74, 6) is 1.05. The van der Waals surface area contributed by atoms with Gasteiger partial charge in [-0.3, -0.25) is 9.59 Å². The Labute approximate surface area is 206 Å². The van der Waals surface area contributed by atoms with Gasteiger partial charge >= 0.3 is 24.0 Å². The van der Waals surface area contributed by atoms with Crippen molar-refractivity contribution < 1.29 is 27.5 Å². The standard InChI is InChI=1S/C20H30N4O6S3/c25-15(7-3-1-5-13-17-11(9-31-13)21-19(27)23-17)29-33-30-16(26)8-4-2-6-14-18-12(10-32-14)22-20(28)24-18/h11-14,17-18H,1-10H2,(H2,21,23,27)(H2,22,24,28)/t11-,12-,13-,14-,17-,18-/m0/s1. The third-order valence-corrected chi connectivity index (χ3v) is 9.89. The molecule has 13 heteroatoms. The van der Waals surface area contributed by atoms with Crippen molar-refractivity contribution in [1.82, 2.24) is 21.3 Å². The molecule has 4 N–H and O–H groups in total. The summed E-state index contributed by atoms with van der Waals surface area (Å²) in [6, 6.07) is 0.605. The Morgan fingerprint density at radius 1 is 0.758 bits per heavy atom. The van der Waals surface area contributed by atoms with E-state index in [0.29, 0.717) is 35.7 Å². The molecule has 0 aromatic rings. The minimum Gasteiger partial charge on any atom is -0.355 e. The molecule has 184 valence electrons. The smallest absolute Gasteiger partial charge is 0.320 e. The molecule has 4 amide bonds. The Hall–Kier alpha value is -1.47. The molecule has 0 saturated carbocycles. The van der Waals surface area contributed by atoms with Gasteiger partial charge in [0, 0.05) is 34.8 Å². The van der Waals surface area contributed by atoms with Gasteiger partial charge in [-0.25, -0.2) is 9.59 Å². The number of nitrogens with one attached hydrogen (secondary N) is 4. The third kappa shape index (κ3) is 6.78. The van der Waals surface area contributed by atoms with Crippen LogP contribution in [0.4, 0.5) is 9.59 Å².